The summed E-state index contributed by atoms with van der Waals surface area (Å²) in [6, 6.07) is 21.8. The van der Waals surface area contributed by atoms with Gasteiger partial charge in [-0.1, -0.05) is 43.7 Å². The average molecular weight is 449 g/mol. The summed E-state index contributed by atoms with van der Waals surface area (Å²) in [6.45, 7) is 3.35. The largest absolute Gasteiger partial charge is 0.494 e. The number of unbranched alkanes of at least 4 members (excludes halogenated alkanes) is 1. The number of nitrogens with zero attached hydrogens (tertiary/aromatic N) is 1. The normalized spacial score (nSPS) is 10.6. The molecule has 0 atom stereocenters. The molecule has 4 N–H and O–H groups in total. The Balaban J connectivity index is 1.82. The van der Waals surface area contributed by atoms with E-state index >= 15 is 0 Å². The second-order valence-electron chi connectivity index (χ2n) is 7.71. The van der Waals surface area contributed by atoms with Crippen LogP contribution in [0.1, 0.15) is 26.2 Å². The van der Waals surface area contributed by atoms with Crippen molar-refractivity contribution < 1.29 is 14.6 Å². The molecule has 174 valence electrons. The quantitative estimate of drug-likeness (QED) is 0.202. The third kappa shape index (κ3) is 6.95. The number of rotatable bonds is 11. The van der Waals surface area contributed by atoms with Gasteiger partial charge in [0.25, 0.3) is 0 Å². The molecule has 0 saturated carbocycles. The molecule has 0 aliphatic carbocycles. The predicted molar refractivity (Wildman–Crippen MR) is 131 cm³/mol. The average Bonchev–Trinajstić information content (AvgIpc) is 3.23. The number of benzene rings is 2. The minimum Gasteiger partial charge on any atom is -0.494 e. The first kappa shape index (κ1) is 24.1. The lowest BCUT2D eigenvalue weighted by molar-refractivity contribution is -0.120. The summed E-state index contributed by atoms with van der Waals surface area (Å²) in [6.07, 6.45) is 2.62. The number of carbonyl (C=O) groups excluding carboxylic acids is 1. The molecule has 0 saturated heterocycles. The van der Waals surface area contributed by atoms with Crippen molar-refractivity contribution in [1.82, 2.24) is 15.2 Å². The summed E-state index contributed by atoms with van der Waals surface area (Å²) in [4.78, 5) is 12.7. The van der Waals surface area contributed by atoms with Crippen molar-refractivity contribution in [2.24, 2.45) is 0 Å². The van der Waals surface area contributed by atoms with E-state index in [2.05, 4.69) is 17.6 Å². The SMILES string of the molecule is CCCCOc1ccc(-c2ccc(-c3ccccc3)n2CC(=O)NC(=N)NCCCO)cc1. The molecular formula is C26H32N4O3. The molecule has 0 bridgehead atoms. The van der Waals surface area contributed by atoms with Crippen LogP contribution >= 0.6 is 0 Å². The molecule has 0 aliphatic heterocycles. The molecule has 0 fully saturated rings. The van der Waals surface area contributed by atoms with Crippen LogP contribution in [0.3, 0.4) is 0 Å². The van der Waals surface area contributed by atoms with Gasteiger partial charge in [0.15, 0.2) is 5.96 Å². The van der Waals surface area contributed by atoms with Gasteiger partial charge in [-0.2, -0.15) is 0 Å². The summed E-state index contributed by atoms with van der Waals surface area (Å²) in [7, 11) is 0. The zero-order valence-electron chi connectivity index (χ0n) is 19.0. The molecule has 0 radical (unpaired) electrons. The number of ether oxygens (including phenoxy) is 1. The van der Waals surface area contributed by atoms with E-state index < -0.39 is 0 Å². The van der Waals surface area contributed by atoms with Gasteiger partial charge in [-0.05, 0) is 60.4 Å². The van der Waals surface area contributed by atoms with Crippen LogP contribution in [0.4, 0.5) is 0 Å². The summed E-state index contributed by atoms with van der Waals surface area (Å²) in [5.41, 5.74) is 3.81. The van der Waals surface area contributed by atoms with E-state index in [1.807, 2.05) is 71.3 Å². The lowest BCUT2D eigenvalue weighted by atomic mass is 10.1. The van der Waals surface area contributed by atoms with Crippen LogP contribution in [-0.2, 0) is 11.3 Å². The molecule has 1 heterocycles. The molecule has 1 aromatic heterocycles. The topological polar surface area (TPSA) is 99.4 Å². The molecule has 0 aliphatic rings. The smallest absolute Gasteiger partial charge is 0.246 e. The maximum absolute atomic E-state index is 12.7. The van der Waals surface area contributed by atoms with Gasteiger partial charge in [-0.25, -0.2) is 0 Å². The van der Waals surface area contributed by atoms with Crippen molar-refractivity contribution in [3.8, 4) is 28.3 Å². The summed E-state index contributed by atoms with van der Waals surface area (Å²) in [5.74, 6) is 0.455. The molecule has 7 heteroatoms. The predicted octanol–water partition coefficient (Wildman–Crippen LogP) is 4.02. The summed E-state index contributed by atoms with van der Waals surface area (Å²) >= 11 is 0. The van der Waals surface area contributed by atoms with Crippen LogP contribution in [0.15, 0.2) is 66.7 Å². The molecule has 1 amide bonds. The van der Waals surface area contributed by atoms with Gasteiger partial charge in [0.2, 0.25) is 5.91 Å². The second-order valence-corrected chi connectivity index (χ2v) is 7.71. The van der Waals surface area contributed by atoms with Crippen molar-refractivity contribution in [2.75, 3.05) is 19.8 Å². The van der Waals surface area contributed by atoms with E-state index in [1.54, 1.807) is 0 Å². The van der Waals surface area contributed by atoms with E-state index in [9.17, 15) is 4.79 Å². The molecule has 33 heavy (non-hydrogen) atoms. The lowest BCUT2D eigenvalue weighted by Crippen LogP contribution is -2.42. The molecular weight excluding hydrogens is 416 g/mol. The third-order valence-corrected chi connectivity index (χ3v) is 5.17. The second kappa shape index (κ2) is 12.5. The van der Waals surface area contributed by atoms with Gasteiger partial charge in [-0.3, -0.25) is 15.5 Å². The monoisotopic (exact) mass is 448 g/mol. The van der Waals surface area contributed by atoms with Crippen molar-refractivity contribution in [2.45, 2.75) is 32.7 Å². The fraction of sp³-hybridized carbons (Fsp3) is 0.308. The van der Waals surface area contributed by atoms with Crippen molar-refractivity contribution in [3.63, 3.8) is 0 Å². The molecule has 3 aromatic rings. The number of guanidine groups is 1. The van der Waals surface area contributed by atoms with Crippen LogP contribution in [0.5, 0.6) is 5.75 Å². The van der Waals surface area contributed by atoms with Crippen LogP contribution in [0.2, 0.25) is 0 Å². The number of amides is 1. The summed E-state index contributed by atoms with van der Waals surface area (Å²) in [5, 5.41) is 22.1. The number of hydrogen-bond acceptors (Lipinski definition) is 4. The van der Waals surface area contributed by atoms with Gasteiger partial charge in [0.1, 0.15) is 12.3 Å². The zero-order valence-corrected chi connectivity index (χ0v) is 19.0. The van der Waals surface area contributed by atoms with Crippen LogP contribution in [0, 0.1) is 5.41 Å². The Bertz CT molecular complexity index is 1030. The number of aromatic nitrogens is 1. The van der Waals surface area contributed by atoms with Gasteiger partial charge < -0.3 is 19.7 Å². The van der Waals surface area contributed by atoms with Gasteiger partial charge in [0.05, 0.1) is 6.61 Å². The van der Waals surface area contributed by atoms with Crippen molar-refractivity contribution in [1.29, 1.82) is 5.41 Å². The first-order chi connectivity index (χ1) is 16.1. The first-order valence-corrected chi connectivity index (χ1v) is 11.3. The number of aliphatic hydroxyl groups is 1. The van der Waals surface area contributed by atoms with Crippen LogP contribution in [-0.4, -0.2) is 41.3 Å². The van der Waals surface area contributed by atoms with Gasteiger partial charge in [-0.15, -0.1) is 0 Å². The van der Waals surface area contributed by atoms with Crippen LogP contribution < -0.4 is 15.4 Å². The highest BCUT2D eigenvalue weighted by atomic mass is 16.5. The Morgan fingerprint density at radius 3 is 2.27 bits per heavy atom. The minimum atomic E-state index is -0.300. The van der Waals surface area contributed by atoms with E-state index in [1.165, 1.54) is 0 Å². The Labute approximate surface area is 194 Å². The highest BCUT2D eigenvalue weighted by Crippen LogP contribution is 2.30. The van der Waals surface area contributed by atoms with Crippen molar-refractivity contribution >= 4 is 11.9 Å². The Morgan fingerprint density at radius 2 is 1.64 bits per heavy atom. The van der Waals surface area contributed by atoms with Crippen molar-refractivity contribution in [3.05, 3.63) is 66.7 Å². The third-order valence-electron chi connectivity index (χ3n) is 5.17. The number of nitrogens with one attached hydrogen (secondary N) is 3. The van der Waals surface area contributed by atoms with E-state index in [-0.39, 0.29) is 25.0 Å². The maximum Gasteiger partial charge on any atom is 0.246 e. The highest BCUT2D eigenvalue weighted by molar-refractivity contribution is 5.95. The molecule has 0 unspecified atom stereocenters. The fourth-order valence-corrected chi connectivity index (χ4v) is 3.47. The first-order valence-electron chi connectivity index (χ1n) is 11.3. The maximum atomic E-state index is 12.7. The van der Waals surface area contributed by atoms with E-state index in [0.29, 0.717) is 19.6 Å². The molecule has 2 aromatic carbocycles. The van der Waals surface area contributed by atoms with Crippen LogP contribution in [0.25, 0.3) is 22.5 Å². The molecule has 7 nitrogen and oxygen atoms in total. The van der Waals surface area contributed by atoms with Gasteiger partial charge in [0, 0.05) is 24.5 Å². The van der Waals surface area contributed by atoms with E-state index in [4.69, 9.17) is 15.3 Å². The van der Waals surface area contributed by atoms with Gasteiger partial charge >= 0.3 is 0 Å². The Hall–Kier alpha value is -3.58. The van der Waals surface area contributed by atoms with E-state index in [0.717, 1.165) is 41.1 Å². The standard InChI is InChI=1S/C26H32N4O3/c1-2-3-18-33-22-12-10-21(11-13-22)24-15-14-23(20-8-5-4-6-9-20)30(24)19-25(32)29-26(27)28-16-7-17-31/h4-6,8-15,31H,2-3,7,16-19H2,1H3,(H3,27,28,29,32). The number of aliphatic hydroxyl groups excluding tert-OH is 1. The Kier molecular flexibility index (Phi) is 9.08. The molecule has 3 rings (SSSR count). The molecule has 0 spiro atoms. The zero-order chi connectivity index (χ0) is 23.5. The number of carbonyl (C=O) groups is 1. The number of hydrogen-bond donors (Lipinski definition) is 4. The minimum absolute atomic E-state index is 0.0316. The highest BCUT2D eigenvalue weighted by Gasteiger charge is 2.15. The Morgan fingerprint density at radius 1 is 0.970 bits per heavy atom. The lowest BCUT2D eigenvalue weighted by Gasteiger charge is -2.15. The fourth-order valence-electron chi connectivity index (χ4n) is 3.47. The summed E-state index contributed by atoms with van der Waals surface area (Å²) < 4.78 is 7.73.